The highest BCUT2D eigenvalue weighted by Crippen LogP contribution is 2.13. The van der Waals surface area contributed by atoms with E-state index < -0.39 is 0 Å². The number of hydrogen-bond acceptors (Lipinski definition) is 2. The normalized spacial score (nSPS) is 15.4. The van der Waals surface area contributed by atoms with E-state index in [-0.39, 0.29) is 0 Å². The van der Waals surface area contributed by atoms with Crippen LogP contribution in [0.4, 0.5) is 0 Å². The van der Waals surface area contributed by atoms with Gasteiger partial charge >= 0.3 is 0 Å². The van der Waals surface area contributed by atoms with Crippen LogP contribution in [0.15, 0.2) is 0 Å². The fourth-order valence-electron chi connectivity index (χ4n) is 1.20. The van der Waals surface area contributed by atoms with Gasteiger partial charge in [-0.3, -0.25) is 0 Å². The Kier molecular flexibility index (Phi) is 10.1. The van der Waals surface area contributed by atoms with Gasteiger partial charge in [-0.2, -0.15) is 11.8 Å². The van der Waals surface area contributed by atoms with Crippen molar-refractivity contribution in [2.24, 2.45) is 5.92 Å². The summed E-state index contributed by atoms with van der Waals surface area (Å²) in [7, 11) is 0. The molecule has 0 radical (unpaired) electrons. The highest BCUT2D eigenvalue weighted by Gasteiger charge is 2.05. The van der Waals surface area contributed by atoms with E-state index in [1.807, 2.05) is 0 Å². The van der Waals surface area contributed by atoms with E-state index in [9.17, 15) is 0 Å². The average Bonchev–Trinajstić information content (AvgIpc) is 2.22. The maximum atomic E-state index is 3.59. The Morgan fingerprint density at radius 3 is 2.29 bits per heavy atom. The Morgan fingerprint density at radius 1 is 1.07 bits per heavy atom. The molecule has 1 nitrogen and oxygen atoms in total. The maximum Gasteiger partial charge on any atom is 0.0155 e. The predicted octanol–water partition coefficient (Wildman–Crippen LogP) is 3.54. The summed E-state index contributed by atoms with van der Waals surface area (Å²) in [6, 6.07) is 0.726. The fraction of sp³-hybridized carbons (Fsp3) is 1.00. The van der Waals surface area contributed by atoms with E-state index in [1.54, 1.807) is 0 Å². The molecule has 2 unspecified atom stereocenters. The van der Waals surface area contributed by atoms with E-state index in [1.165, 1.54) is 37.3 Å². The molecule has 0 aliphatic heterocycles. The molecule has 0 aliphatic rings. The average molecular weight is 217 g/mol. The number of nitrogens with one attached hydrogen (secondary N) is 1. The molecule has 0 aromatic rings. The van der Waals surface area contributed by atoms with Gasteiger partial charge in [0.05, 0.1) is 0 Å². The molecular weight excluding hydrogens is 190 g/mol. The summed E-state index contributed by atoms with van der Waals surface area (Å²) in [6.45, 7) is 10.3. The Bertz CT molecular complexity index is 117. The highest BCUT2D eigenvalue weighted by molar-refractivity contribution is 7.99. The van der Waals surface area contributed by atoms with Crippen LogP contribution >= 0.6 is 11.8 Å². The first-order chi connectivity index (χ1) is 6.74. The molecule has 0 saturated carbocycles. The molecule has 2 heteroatoms. The zero-order valence-corrected chi connectivity index (χ0v) is 11.1. The van der Waals surface area contributed by atoms with Crippen LogP contribution in [0.3, 0.4) is 0 Å². The van der Waals surface area contributed by atoms with Crippen LogP contribution < -0.4 is 5.32 Å². The van der Waals surface area contributed by atoms with Crippen molar-refractivity contribution in [2.45, 2.75) is 53.0 Å². The lowest BCUT2D eigenvalue weighted by Gasteiger charge is -2.17. The highest BCUT2D eigenvalue weighted by atomic mass is 32.2. The predicted molar refractivity (Wildman–Crippen MR) is 69.2 cm³/mol. The summed E-state index contributed by atoms with van der Waals surface area (Å²) in [5.74, 6) is 3.48. The van der Waals surface area contributed by atoms with Gasteiger partial charge in [-0.15, -0.1) is 0 Å². The summed E-state index contributed by atoms with van der Waals surface area (Å²) in [4.78, 5) is 0. The molecule has 0 bridgehead atoms. The Labute approximate surface area is 94.4 Å². The van der Waals surface area contributed by atoms with Gasteiger partial charge in [-0.05, 0) is 31.1 Å². The van der Waals surface area contributed by atoms with Gasteiger partial charge in [0, 0.05) is 11.8 Å². The van der Waals surface area contributed by atoms with Crippen molar-refractivity contribution in [3.63, 3.8) is 0 Å². The van der Waals surface area contributed by atoms with E-state index in [0.717, 1.165) is 12.0 Å². The first kappa shape index (κ1) is 14.3. The SMILES string of the molecule is CCCNC(CC)CSCC(C)CC. The largest absolute Gasteiger partial charge is 0.313 e. The van der Waals surface area contributed by atoms with Crippen molar-refractivity contribution >= 4 is 11.8 Å². The van der Waals surface area contributed by atoms with Gasteiger partial charge in [0.15, 0.2) is 0 Å². The van der Waals surface area contributed by atoms with Crippen LogP contribution in [0.25, 0.3) is 0 Å². The second-order valence-electron chi connectivity index (χ2n) is 4.11. The van der Waals surface area contributed by atoms with Crippen LogP contribution in [0.1, 0.15) is 47.0 Å². The third-order valence-electron chi connectivity index (χ3n) is 2.59. The van der Waals surface area contributed by atoms with Crippen LogP contribution in [0, 0.1) is 5.92 Å². The van der Waals surface area contributed by atoms with Gasteiger partial charge < -0.3 is 5.32 Å². The molecule has 0 fully saturated rings. The molecule has 1 N–H and O–H groups in total. The second kappa shape index (κ2) is 9.85. The molecule has 0 aromatic carbocycles. The summed E-state index contributed by atoms with van der Waals surface area (Å²) >= 11 is 2.11. The topological polar surface area (TPSA) is 12.0 Å². The van der Waals surface area contributed by atoms with E-state index in [2.05, 4.69) is 44.8 Å². The molecule has 0 spiro atoms. The van der Waals surface area contributed by atoms with Crippen molar-refractivity contribution in [3.05, 3.63) is 0 Å². The summed E-state index contributed by atoms with van der Waals surface area (Å²) in [5.41, 5.74) is 0. The van der Waals surface area contributed by atoms with Gasteiger partial charge in [0.25, 0.3) is 0 Å². The van der Waals surface area contributed by atoms with Gasteiger partial charge in [-0.1, -0.05) is 34.1 Å². The summed E-state index contributed by atoms with van der Waals surface area (Å²) in [6.07, 6.45) is 3.81. The molecular formula is C12H27NS. The lowest BCUT2D eigenvalue weighted by atomic mass is 10.2. The molecule has 86 valence electrons. The van der Waals surface area contributed by atoms with Gasteiger partial charge in [0.1, 0.15) is 0 Å². The van der Waals surface area contributed by atoms with Crippen LogP contribution in [0.2, 0.25) is 0 Å². The van der Waals surface area contributed by atoms with E-state index in [4.69, 9.17) is 0 Å². The second-order valence-corrected chi connectivity index (χ2v) is 5.19. The van der Waals surface area contributed by atoms with Crippen molar-refractivity contribution in [1.82, 2.24) is 5.32 Å². The smallest absolute Gasteiger partial charge is 0.0155 e. The Morgan fingerprint density at radius 2 is 1.79 bits per heavy atom. The minimum absolute atomic E-state index is 0.726. The van der Waals surface area contributed by atoms with Crippen molar-refractivity contribution in [2.75, 3.05) is 18.1 Å². The first-order valence-electron chi connectivity index (χ1n) is 6.05. The lowest BCUT2D eigenvalue weighted by molar-refractivity contribution is 0.538. The maximum absolute atomic E-state index is 3.59. The standard InChI is InChI=1S/C12H27NS/c1-5-8-13-12(7-3)10-14-9-11(4)6-2/h11-13H,5-10H2,1-4H3. The minimum atomic E-state index is 0.726. The van der Waals surface area contributed by atoms with E-state index in [0.29, 0.717) is 0 Å². The van der Waals surface area contributed by atoms with Crippen LogP contribution in [0.5, 0.6) is 0 Å². The molecule has 0 saturated heterocycles. The Balaban J connectivity index is 3.42. The molecule has 14 heavy (non-hydrogen) atoms. The monoisotopic (exact) mass is 217 g/mol. The van der Waals surface area contributed by atoms with Crippen LogP contribution in [-0.4, -0.2) is 24.1 Å². The fourth-order valence-corrected chi connectivity index (χ4v) is 2.61. The molecule has 0 amide bonds. The molecule has 0 aromatic heterocycles. The Hall–Kier alpha value is 0.310. The zero-order chi connectivity index (χ0) is 10.8. The molecule has 0 heterocycles. The van der Waals surface area contributed by atoms with Crippen molar-refractivity contribution in [3.8, 4) is 0 Å². The zero-order valence-electron chi connectivity index (χ0n) is 10.3. The third-order valence-corrected chi connectivity index (χ3v) is 4.04. The third kappa shape index (κ3) is 7.69. The van der Waals surface area contributed by atoms with Crippen LogP contribution in [-0.2, 0) is 0 Å². The van der Waals surface area contributed by atoms with Gasteiger partial charge in [0.2, 0.25) is 0 Å². The van der Waals surface area contributed by atoms with E-state index >= 15 is 0 Å². The number of hydrogen-bond donors (Lipinski definition) is 1. The molecule has 2 atom stereocenters. The summed E-state index contributed by atoms with van der Waals surface area (Å²) < 4.78 is 0. The van der Waals surface area contributed by atoms with Crippen molar-refractivity contribution in [1.29, 1.82) is 0 Å². The lowest BCUT2D eigenvalue weighted by Crippen LogP contribution is -2.31. The minimum Gasteiger partial charge on any atom is -0.313 e. The molecule has 0 rings (SSSR count). The van der Waals surface area contributed by atoms with Gasteiger partial charge in [-0.25, -0.2) is 0 Å². The number of thioether (sulfide) groups is 1. The van der Waals surface area contributed by atoms with Crippen molar-refractivity contribution < 1.29 is 0 Å². The summed E-state index contributed by atoms with van der Waals surface area (Å²) in [5, 5.41) is 3.59. The quantitative estimate of drug-likeness (QED) is 0.634. The first-order valence-corrected chi connectivity index (χ1v) is 7.21. The number of rotatable bonds is 9. The molecule has 0 aliphatic carbocycles.